The fourth-order valence-corrected chi connectivity index (χ4v) is 7.64. The Morgan fingerprint density at radius 2 is 0.579 bits per heavy atom. The summed E-state index contributed by atoms with van der Waals surface area (Å²) in [5, 5.41) is 0. The molecule has 0 aromatic carbocycles. The van der Waals surface area contributed by atoms with Crippen molar-refractivity contribution in [2.24, 2.45) is 11.8 Å². The van der Waals surface area contributed by atoms with Crippen molar-refractivity contribution >= 4 is 17.9 Å². The third kappa shape index (κ3) is 45.3. The molecule has 0 radical (unpaired) electrons. The molecule has 338 valence electrons. The van der Waals surface area contributed by atoms with Gasteiger partial charge in [-0.2, -0.15) is 0 Å². The molecule has 0 fully saturated rings. The Kier molecular flexibility index (Phi) is 42.7. The quantitative estimate of drug-likeness (QED) is 0.0346. The lowest BCUT2D eigenvalue weighted by Crippen LogP contribution is -2.30. The molecule has 57 heavy (non-hydrogen) atoms. The van der Waals surface area contributed by atoms with Crippen LogP contribution in [0.4, 0.5) is 0 Å². The first-order valence-corrected chi connectivity index (χ1v) is 25.2. The number of hydrogen-bond donors (Lipinski definition) is 0. The Bertz CT molecular complexity index is 870. The lowest BCUT2D eigenvalue weighted by molar-refractivity contribution is -0.167. The molecule has 0 saturated carbocycles. The van der Waals surface area contributed by atoms with E-state index in [9.17, 15) is 14.4 Å². The van der Waals surface area contributed by atoms with Gasteiger partial charge in [0.05, 0.1) is 0 Å². The molecule has 1 atom stereocenters. The number of esters is 3. The van der Waals surface area contributed by atoms with E-state index in [2.05, 4.69) is 34.6 Å². The van der Waals surface area contributed by atoms with Crippen LogP contribution in [0.5, 0.6) is 0 Å². The second-order valence-corrected chi connectivity index (χ2v) is 18.4. The third-order valence-corrected chi connectivity index (χ3v) is 11.5. The van der Waals surface area contributed by atoms with Crippen LogP contribution in [0, 0.1) is 11.8 Å². The van der Waals surface area contributed by atoms with E-state index < -0.39 is 6.10 Å². The van der Waals surface area contributed by atoms with Crippen molar-refractivity contribution in [1.82, 2.24) is 0 Å². The molecule has 0 saturated heterocycles. The summed E-state index contributed by atoms with van der Waals surface area (Å²) in [6.07, 6.45) is 43.7. The molecular formula is C51H98O6. The topological polar surface area (TPSA) is 78.9 Å². The largest absolute Gasteiger partial charge is 0.462 e. The van der Waals surface area contributed by atoms with E-state index >= 15 is 0 Å². The van der Waals surface area contributed by atoms with Crippen LogP contribution in [-0.4, -0.2) is 37.2 Å². The van der Waals surface area contributed by atoms with E-state index in [4.69, 9.17) is 14.2 Å². The molecule has 0 aliphatic rings. The summed E-state index contributed by atoms with van der Waals surface area (Å²) < 4.78 is 16.8. The molecule has 0 aliphatic heterocycles. The van der Waals surface area contributed by atoms with Crippen LogP contribution in [0.1, 0.15) is 279 Å². The van der Waals surface area contributed by atoms with Gasteiger partial charge in [0.1, 0.15) is 13.2 Å². The minimum Gasteiger partial charge on any atom is -0.462 e. The lowest BCUT2D eigenvalue weighted by atomic mass is 10.0. The van der Waals surface area contributed by atoms with Crippen LogP contribution >= 0.6 is 0 Å². The second-order valence-electron chi connectivity index (χ2n) is 18.4. The second kappa shape index (κ2) is 44.0. The van der Waals surface area contributed by atoms with Crippen LogP contribution in [0.2, 0.25) is 0 Å². The predicted octanol–water partition coefficient (Wildman–Crippen LogP) is 16.1. The fraction of sp³-hybridized carbons (Fsp3) is 0.941. The zero-order chi connectivity index (χ0) is 41.9. The van der Waals surface area contributed by atoms with Crippen molar-refractivity contribution in [1.29, 1.82) is 0 Å². The highest BCUT2D eigenvalue weighted by atomic mass is 16.6. The van der Waals surface area contributed by atoms with Gasteiger partial charge in [-0.25, -0.2) is 0 Å². The molecule has 0 rings (SSSR count). The van der Waals surface area contributed by atoms with Gasteiger partial charge in [0.25, 0.3) is 0 Å². The van der Waals surface area contributed by atoms with Crippen LogP contribution in [-0.2, 0) is 28.6 Å². The van der Waals surface area contributed by atoms with E-state index in [0.29, 0.717) is 19.3 Å². The van der Waals surface area contributed by atoms with Gasteiger partial charge in [0, 0.05) is 19.3 Å². The summed E-state index contributed by atoms with van der Waals surface area (Å²) in [4.78, 5) is 37.8. The van der Waals surface area contributed by atoms with Crippen molar-refractivity contribution in [2.45, 2.75) is 285 Å². The van der Waals surface area contributed by atoms with Crippen LogP contribution in [0.3, 0.4) is 0 Å². The van der Waals surface area contributed by atoms with Crippen molar-refractivity contribution in [3.63, 3.8) is 0 Å². The molecule has 0 unspecified atom stereocenters. The Balaban J connectivity index is 4.28. The van der Waals surface area contributed by atoms with Gasteiger partial charge in [0.15, 0.2) is 6.10 Å². The van der Waals surface area contributed by atoms with E-state index in [1.807, 2.05) is 0 Å². The van der Waals surface area contributed by atoms with E-state index in [1.54, 1.807) is 0 Å². The van der Waals surface area contributed by atoms with Crippen molar-refractivity contribution in [3.05, 3.63) is 0 Å². The minimum atomic E-state index is -0.760. The number of ether oxygens (including phenoxy) is 3. The monoisotopic (exact) mass is 807 g/mol. The van der Waals surface area contributed by atoms with Crippen molar-refractivity contribution in [3.8, 4) is 0 Å². The normalized spacial score (nSPS) is 12.1. The molecule has 0 amide bonds. The maximum Gasteiger partial charge on any atom is 0.306 e. The fourth-order valence-electron chi connectivity index (χ4n) is 7.64. The number of rotatable bonds is 45. The molecule has 0 heterocycles. The summed E-state index contributed by atoms with van der Waals surface area (Å²) in [5.41, 5.74) is 0. The molecule has 0 bridgehead atoms. The summed E-state index contributed by atoms with van der Waals surface area (Å²) in [5.74, 6) is 0.813. The van der Waals surface area contributed by atoms with Gasteiger partial charge in [0.2, 0.25) is 0 Å². The van der Waals surface area contributed by atoms with E-state index in [1.165, 1.54) is 167 Å². The van der Waals surface area contributed by atoms with E-state index in [-0.39, 0.29) is 31.1 Å². The standard InChI is InChI=1S/C51H98O6/c1-6-7-8-9-10-19-26-31-36-41-49(52)55-44-48(45-56-50(53)42-37-32-27-22-18-14-16-21-25-30-35-40-47(4)5)57-51(54)43-38-33-28-23-17-13-11-12-15-20-24-29-34-39-46(2)3/h46-48H,6-45H2,1-5H3/t48-/m0/s1. The SMILES string of the molecule is CCCCCCCCCCCC(=O)OC[C@@H](COC(=O)CCCCCCCCCCCCCC(C)C)OC(=O)CCCCCCCCCCCCCCCC(C)C. The number of carbonyl (C=O) groups is 3. The van der Waals surface area contributed by atoms with Gasteiger partial charge in [-0.05, 0) is 31.1 Å². The zero-order valence-corrected chi connectivity index (χ0v) is 39.0. The van der Waals surface area contributed by atoms with Gasteiger partial charge < -0.3 is 14.2 Å². The van der Waals surface area contributed by atoms with Crippen LogP contribution in [0.15, 0.2) is 0 Å². The Labute approximate surface area is 355 Å². The molecule has 0 N–H and O–H groups in total. The van der Waals surface area contributed by atoms with Crippen molar-refractivity contribution in [2.75, 3.05) is 13.2 Å². The smallest absolute Gasteiger partial charge is 0.306 e. The van der Waals surface area contributed by atoms with E-state index in [0.717, 1.165) is 69.6 Å². The highest BCUT2D eigenvalue weighted by molar-refractivity contribution is 5.71. The predicted molar refractivity (Wildman–Crippen MR) is 243 cm³/mol. The molecule has 0 aliphatic carbocycles. The Morgan fingerprint density at radius 1 is 0.333 bits per heavy atom. The highest BCUT2D eigenvalue weighted by Gasteiger charge is 2.19. The Hall–Kier alpha value is -1.59. The molecule has 0 aromatic rings. The van der Waals surface area contributed by atoms with Gasteiger partial charge >= 0.3 is 17.9 Å². The molecule has 6 nitrogen and oxygen atoms in total. The summed E-state index contributed by atoms with van der Waals surface area (Å²) in [6, 6.07) is 0. The summed E-state index contributed by atoms with van der Waals surface area (Å²) in [6.45, 7) is 11.4. The maximum absolute atomic E-state index is 12.8. The number of hydrogen-bond acceptors (Lipinski definition) is 6. The van der Waals surface area contributed by atoms with Gasteiger partial charge in [-0.15, -0.1) is 0 Å². The number of carbonyl (C=O) groups excluding carboxylic acids is 3. The molecule has 0 spiro atoms. The summed E-state index contributed by atoms with van der Waals surface area (Å²) in [7, 11) is 0. The van der Waals surface area contributed by atoms with Gasteiger partial charge in [-0.1, -0.05) is 240 Å². The van der Waals surface area contributed by atoms with Crippen molar-refractivity contribution < 1.29 is 28.6 Å². The van der Waals surface area contributed by atoms with Gasteiger partial charge in [-0.3, -0.25) is 14.4 Å². The molecule has 0 aromatic heterocycles. The average molecular weight is 807 g/mol. The Morgan fingerprint density at radius 3 is 0.860 bits per heavy atom. The average Bonchev–Trinajstić information content (AvgIpc) is 3.18. The number of unbranched alkanes of at least 4 members (excludes halogenated alkanes) is 30. The van der Waals surface area contributed by atoms with Crippen LogP contribution in [0.25, 0.3) is 0 Å². The van der Waals surface area contributed by atoms with Crippen LogP contribution < -0.4 is 0 Å². The molecule has 6 heteroatoms. The third-order valence-electron chi connectivity index (χ3n) is 11.5. The molecular weight excluding hydrogens is 709 g/mol. The maximum atomic E-state index is 12.8. The highest BCUT2D eigenvalue weighted by Crippen LogP contribution is 2.17. The minimum absolute atomic E-state index is 0.0640. The lowest BCUT2D eigenvalue weighted by Gasteiger charge is -2.18. The first-order valence-electron chi connectivity index (χ1n) is 25.2. The summed E-state index contributed by atoms with van der Waals surface area (Å²) >= 11 is 0. The zero-order valence-electron chi connectivity index (χ0n) is 39.0. The first kappa shape index (κ1) is 55.4. The first-order chi connectivity index (χ1) is 27.7.